The fourth-order valence-corrected chi connectivity index (χ4v) is 2.35. The molecule has 0 aromatic rings. The second-order valence-corrected chi connectivity index (χ2v) is 4.74. The van der Waals surface area contributed by atoms with Crippen LogP contribution in [0, 0.1) is 0 Å². The molecule has 18 heavy (non-hydrogen) atoms. The summed E-state index contributed by atoms with van der Waals surface area (Å²) in [6.07, 6.45) is 3.64. The normalized spacial score (nSPS) is 20.2. The van der Waals surface area contributed by atoms with E-state index in [0.717, 1.165) is 45.5 Å². The summed E-state index contributed by atoms with van der Waals surface area (Å²) in [5.74, 6) is 0. The third-order valence-corrected chi connectivity index (χ3v) is 3.41. The van der Waals surface area contributed by atoms with Crippen LogP contribution in [-0.2, 0) is 9.47 Å². The van der Waals surface area contributed by atoms with Crippen molar-refractivity contribution in [1.29, 1.82) is 0 Å². The highest BCUT2D eigenvalue weighted by atomic mass is 16.5. The fraction of sp³-hybridized carbons (Fsp3) is 1.00. The number of ether oxygens (including phenoxy) is 2. The van der Waals surface area contributed by atoms with Gasteiger partial charge >= 0.3 is 0 Å². The van der Waals surface area contributed by atoms with E-state index in [9.17, 15) is 0 Å². The first kappa shape index (κ1) is 15.9. The van der Waals surface area contributed by atoms with Crippen molar-refractivity contribution in [3.05, 3.63) is 0 Å². The molecule has 3 N–H and O–H groups in total. The Labute approximate surface area is 110 Å². The van der Waals surface area contributed by atoms with Crippen LogP contribution in [0.25, 0.3) is 0 Å². The average molecular weight is 260 g/mol. The van der Waals surface area contributed by atoms with Gasteiger partial charge in [0.2, 0.25) is 0 Å². The summed E-state index contributed by atoms with van der Waals surface area (Å²) in [5.41, 5.74) is 5.66. The highest BCUT2D eigenvalue weighted by Gasteiger charge is 2.20. The lowest BCUT2D eigenvalue weighted by molar-refractivity contribution is -0.0116. The summed E-state index contributed by atoms with van der Waals surface area (Å²) in [5, 5.41) is 8.71. The lowest BCUT2D eigenvalue weighted by Crippen LogP contribution is -2.39. The van der Waals surface area contributed by atoms with E-state index < -0.39 is 0 Å². The van der Waals surface area contributed by atoms with Gasteiger partial charge in [-0.2, -0.15) is 0 Å². The van der Waals surface area contributed by atoms with Crippen molar-refractivity contribution in [2.24, 2.45) is 5.73 Å². The topological polar surface area (TPSA) is 68.0 Å². The van der Waals surface area contributed by atoms with Crippen LogP contribution in [0.1, 0.15) is 26.2 Å². The highest BCUT2D eigenvalue weighted by molar-refractivity contribution is 4.74. The Hall–Kier alpha value is -0.200. The first-order valence-corrected chi connectivity index (χ1v) is 7.06. The molecule has 5 nitrogen and oxygen atoms in total. The lowest BCUT2D eigenvalue weighted by atomic mass is 10.1. The van der Waals surface area contributed by atoms with E-state index in [1.165, 1.54) is 0 Å². The second-order valence-electron chi connectivity index (χ2n) is 4.74. The van der Waals surface area contributed by atoms with E-state index >= 15 is 0 Å². The SMILES string of the molecule is CCOC(CN)CCN1CCC(OCCO)CC1. The number of hydrogen-bond donors (Lipinski definition) is 2. The maximum absolute atomic E-state index is 8.71. The van der Waals surface area contributed by atoms with Crippen LogP contribution in [0.5, 0.6) is 0 Å². The van der Waals surface area contributed by atoms with Gasteiger partial charge in [-0.1, -0.05) is 0 Å². The van der Waals surface area contributed by atoms with Crippen molar-refractivity contribution >= 4 is 0 Å². The number of likely N-dealkylation sites (tertiary alicyclic amines) is 1. The first-order chi connectivity index (χ1) is 8.80. The van der Waals surface area contributed by atoms with E-state index in [4.69, 9.17) is 20.3 Å². The van der Waals surface area contributed by atoms with E-state index in [0.29, 0.717) is 19.3 Å². The fourth-order valence-electron chi connectivity index (χ4n) is 2.35. The molecule has 1 heterocycles. The average Bonchev–Trinajstić information content (AvgIpc) is 2.42. The molecule has 0 bridgehead atoms. The summed E-state index contributed by atoms with van der Waals surface area (Å²) in [6, 6.07) is 0. The smallest absolute Gasteiger partial charge is 0.0709 e. The van der Waals surface area contributed by atoms with Crippen molar-refractivity contribution in [2.45, 2.75) is 38.4 Å². The molecule has 1 aliphatic heterocycles. The van der Waals surface area contributed by atoms with Crippen molar-refractivity contribution in [3.8, 4) is 0 Å². The van der Waals surface area contributed by atoms with Crippen LogP contribution in [0.3, 0.4) is 0 Å². The Morgan fingerprint density at radius 2 is 2.11 bits per heavy atom. The van der Waals surface area contributed by atoms with Crippen LogP contribution in [0.15, 0.2) is 0 Å². The van der Waals surface area contributed by atoms with Crippen LogP contribution >= 0.6 is 0 Å². The number of aliphatic hydroxyl groups is 1. The third-order valence-electron chi connectivity index (χ3n) is 3.41. The molecule has 1 atom stereocenters. The summed E-state index contributed by atoms with van der Waals surface area (Å²) >= 11 is 0. The quantitative estimate of drug-likeness (QED) is 0.620. The Morgan fingerprint density at radius 1 is 1.39 bits per heavy atom. The molecule has 0 radical (unpaired) electrons. The molecule has 0 spiro atoms. The van der Waals surface area contributed by atoms with Gasteiger partial charge in [-0.15, -0.1) is 0 Å². The summed E-state index contributed by atoms with van der Waals surface area (Å²) < 4.78 is 11.1. The minimum Gasteiger partial charge on any atom is -0.394 e. The molecule has 108 valence electrons. The lowest BCUT2D eigenvalue weighted by Gasteiger charge is -2.32. The molecule has 0 aromatic heterocycles. The molecule has 0 aromatic carbocycles. The van der Waals surface area contributed by atoms with Crippen molar-refractivity contribution in [1.82, 2.24) is 4.90 Å². The Bertz CT molecular complexity index is 197. The van der Waals surface area contributed by atoms with Gasteiger partial charge in [-0.25, -0.2) is 0 Å². The number of aliphatic hydroxyl groups excluding tert-OH is 1. The van der Waals surface area contributed by atoms with Gasteiger partial charge in [0.25, 0.3) is 0 Å². The Kier molecular flexibility index (Phi) is 8.54. The summed E-state index contributed by atoms with van der Waals surface area (Å²) in [7, 11) is 0. The molecular weight excluding hydrogens is 232 g/mol. The molecule has 0 amide bonds. The van der Waals surface area contributed by atoms with Crippen molar-refractivity contribution < 1.29 is 14.6 Å². The zero-order chi connectivity index (χ0) is 13.2. The molecule has 0 aliphatic carbocycles. The van der Waals surface area contributed by atoms with Gasteiger partial charge in [0, 0.05) is 32.8 Å². The van der Waals surface area contributed by atoms with Crippen LogP contribution in [0.4, 0.5) is 0 Å². The summed E-state index contributed by atoms with van der Waals surface area (Å²) in [4.78, 5) is 2.44. The van der Waals surface area contributed by atoms with E-state index in [1.807, 2.05) is 6.92 Å². The van der Waals surface area contributed by atoms with Crippen molar-refractivity contribution in [3.63, 3.8) is 0 Å². The maximum Gasteiger partial charge on any atom is 0.0709 e. The van der Waals surface area contributed by atoms with Gasteiger partial charge in [0.1, 0.15) is 0 Å². The minimum absolute atomic E-state index is 0.118. The van der Waals surface area contributed by atoms with Gasteiger partial charge in [0.15, 0.2) is 0 Å². The Balaban J connectivity index is 2.11. The highest BCUT2D eigenvalue weighted by Crippen LogP contribution is 2.14. The van der Waals surface area contributed by atoms with Crippen molar-refractivity contribution in [2.75, 3.05) is 46.0 Å². The van der Waals surface area contributed by atoms with Crippen LogP contribution in [-0.4, -0.2) is 68.2 Å². The predicted octanol–water partition coefficient (Wildman–Crippen LogP) is 0.214. The van der Waals surface area contributed by atoms with Crippen LogP contribution < -0.4 is 5.73 Å². The minimum atomic E-state index is 0.118. The summed E-state index contributed by atoms with van der Waals surface area (Å²) in [6.45, 7) is 7.11. The monoisotopic (exact) mass is 260 g/mol. The molecule has 1 rings (SSSR count). The van der Waals surface area contributed by atoms with Crippen LogP contribution in [0.2, 0.25) is 0 Å². The number of rotatable bonds is 9. The third kappa shape index (κ3) is 6.11. The van der Waals surface area contributed by atoms with E-state index in [-0.39, 0.29) is 12.7 Å². The van der Waals surface area contributed by atoms with E-state index in [1.54, 1.807) is 0 Å². The largest absolute Gasteiger partial charge is 0.394 e. The molecule has 5 heteroatoms. The second kappa shape index (κ2) is 9.69. The first-order valence-electron chi connectivity index (χ1n) is 7.06. The number of nitrogens with two attached hydrogens (primary N) is 1. The van der Waals surface area contributed by atoms with Gasteiger partial charge in [-0.05, 0) is 26.2 Å². The molecule has 1 unspecified atom stereocenters. The number of piperidine rings is 1. The molecule has 1 aliphatic rings. The van der Waals surface area contributed by atoms with Gasteiger partial charge in [-0.3, -0.25) is 0 Å². The molecule has 1 saturated heterocycles. The van der Waals surface area contributed by atoms with Gasteiger partial charge in [0.05, 0.1) is 25.4 Å². The zero-order valence-corrected chi connectivity index (χ0v) is 11.5. The Morgan fingerprint density at radius 3 is 2.67 bits per heavy atom. The number of hydrogen-bond acceptors (Lipinski definition) is 5. The predicted molar refractivity (Wildman–Crippen MR) is 71.6 cm³/mol. The maximum atomic E-state index is 8.71. The zero-order valence-electron chi connectivity index (χ0n) is 11.5. The molecule has 0 saturated carbocycles. The molecule has 1 fully saturated rings. The standard InChI is InChI=1S/C13H28N2O3/c1-2-17-13(11-14)5-8-15-6-3-12(4-7-15)18-10-9-16/h12-13,16H,2-11,14H2,1H3. The van der Waals surface area contributed by atoms with E-state index in [2.05, 4.69) is 4.90 Å². The number of nitrogens with zero attached hydrogens (tertiary/aromatic N) is 1. The molecular formula is C13H28N2O3. The van der Waals surface area contributed by atoms with Gasteiger partial charge < -0.3 is 25.2 Å².